The Morgan fingerprint density at radius 1 is 1.24 bits per heavy atom. The summed E-state index contributed by atoms with van der Waals surface area (Å²) in [7, 11) is 0. The number of piperidine rings is 1. The van der Waals surface area contributed by atoms with Gasteiger partial charge in [-0.1, -0.05) is 22.0 Å². The highest BCUT2D eigenvalue weighted by atomic mass is 79.9. The number of rotatable bonds is 2. The van der Waals surface area contributed by atoms with Crippen molar-refractivity contribution in [1.82, 2.24) is 5.32 Å². The van der Waals surface area contributed by atoms with Crippen LogP contribution < -0.4 is 5.32 Å². The lowest BCUT2D eigenvalue weighted by Crippen LogP contribution is -2.31. The maximum Gasteiger partial charge on any atom is 0.0821 e. The topological polar surface area (TPSA) is 32.3 Å². The molecule has 1 saturated heterocycles. The molecular formula is C14H20BrNO. The number of aryl methyl sites for hydroxylation is 2. The van der Waals surface area contributed by atoms with Gasteiger partial charge in [-0.2, -0.15) is 0 Å². The first-order chi connectivity index (χ1) is 8.09. The van der Waals surface area contributed by atoms with Crippen molar-refractivity contribution in [1.29, 1.82) is 0 Å². The molecule has 2 nitrogen and oxygen atoms in total. The SMILES string of the molecule is Cc1cc(C(O)C2CCNCC2)c(C)cc1Br. The van der Waals surface area contributed by atoms with Crippen molar-refractivity contribution in [2.45, 2.75) is 32.8 Å². The Morgan fingerprint density at radius 3 is 2.53 bits per heavy atom. The van der Waals surface area contributed by atoms with Crippen molar-refractivity contribution in [2.24, 2.45) is 5.92 Å². The Hall–Kier alpha value is -0.380. The summed E-state index contributed by atoms with van der Waals surface area (Å²) in [5, 5.41) is 13.8. The third kappa shape index (κ3) is 2.90. The van der Waals surface area contributed by atoms with E-state index in [2.05, 4.69) is 47.2 Å². The molecule has 1 atom stereocenters. The second kappa shape index (κ2) is 5.51. The molecule has 1 aromatic carbocycles. The summed E-state index contributed by atoms with van der Waals surface area (Å²) in [5.41, 5.74) is 3.46. The Kier molecular flexibility index (Phi) is 4.23. The van der Waals surface area contributed by atoms with Gasteiger partial charge in [0.05, 0.1) is 6.10 Å². The second-order valence-corrected chi connectivity index (χ2v) is 5.84. The highest BCUT2D eigenvalue weighted by Gasteiger charge is 2.24. The Labute approximate surface area is 112 Å². The Balaban J connectivity index is 2.23. The lowest BCUT2D eigenvalue weighted by atomic mass is 9.86. The first-order valence-electron chi connectivity index (χ1n) is 6.25. The van der Waals surface area contributed by atoms with Gasteiger partial charge in [0.1, 0.15) is 0 Å². The first-order valence-corrected chi connectivity index (χ1v) is 7.04. The van der Waals surface area contributed by atoms with Gasteiger partial charge in [-0.3, -0.25) is 0 Å². The van der Waals surface area contributed by atoms with E-state index in [0.29, 0.717) is 5.92 Å². The zero-order valence-electron chi connectivity index (χ0n) is 10.5. The Bertz CT molecular complexity index is 399. The van der Waals surface area contributed by atoms with Gasteiger partial charge >= 0.3 is 0 Å². The summed E-state index contributed by atoms with van der Waals surface area (Å²) in [4.78, 5) is 0. The zero-order valence-corrected chi connectivity index (χ0v) is 12.0. The monoisotopic (exact) mass is 297 g/mol. The summed E-state index contributed by atoms with van der Waals surface area (Å²) in [5.74, 6) is 0.399. The molecule has 1 aliphatic rings. The largest absolute Gasteiger partial charge is 0.388 e. The van der Waals surface area contributed by atoms with Crippen LogP contribution in [-0.4, -0.2) is 18.2 Å². The van der Waals surface area contributed by atoms with E-state index in [0.717, 1.165) is 36.0 Å². The maximum atomic E-state index is 10.5. The van der Waals surface area contributed by atoms with Crippen LogP contribution in [0.3, 0.4) is 0 Å². The average Bonchev–Trinajstić information content (AvgIpc) is 2.34. The summed E-state index contributed by atoms with van der Waals surface area (Å²) in [6.45, 7) is 6.19. The van der Waals surface area contributed by atoms with Crippen molar-refractivity contribution in [3.8, 4) is 0 Å². The summed E-state index contributed by atoms with van der Waals surface area (Å²) < 4.78 is 1.12. The second-order valence-electron chi connectivity index (χ2n) is 4.99. The molecule has 94 valence electrons. The van der Waals surface area contributed by atoms with Crippen LogP contribution >= 0.6 is 15.9 Å². The van der Waals surface area contributed by atoms with Crippen LogP contribution in [0.4, 0.5) is 0 Å². The molecule has 2 rings (SSSR count). The van der Waals surface area contributed by atoms with E-state index in [1.807, 2.05) is 0 Å². The van der Waals surface area contributed by atoms with Crippen molar-refractivity contribution in [2.75, 3.05) is 13.1 Å². The van der Waals surface area contributed by atoms with Crippen molar-refractivity contribution < 1.29 is 5.11 Å². The van der Waals surface area contributed by atoms with Gasteiger partial charge in [-0.25, -0.2) is 0 Å². The summed E-state index contributed by atoms with van der Waals surface area (Å²) >= 11 is 3.53. The number of benzene rings is 1. The van der Waals surface area contributed by atoms with Crippen LogP contribution in [0, 0.1) is 19.8 Å². The standard InChI is InChI=1S/C14H20BrNO/c1-9-8-13(15)10(2)7-12(9)14(17)11-3-5-16-6-4-11/h7-8,11,14,16-17H,3-6H2,1-2H3. The third-order valence-electron chi connectivity index (χ3n) is 3.70. The molecule has 0 saturated carbocycles. The van der Waals surface area contributed by atoms with Gasteiger partial charge in [0.2, 0.25) is 0 Å². The van der Waals surface area contributed by atoms with Crippen LogP contribution in [-0.2, 0) is 0 Å². The van der Waals surface area contributed by atoms with Crippen LogP contribution in [0.2, 0.25) is 0 Å². The minimum Gasteiger partial charge on any atom is -0.388 e. The van der Waals surface area contributed by atoms with Crippen molar-refractivity contribution in [3.63, 3.8) is 0 Å². The average molecular weight is 298 g/mol. The van der Waals surface area contributed by atoms with Gasteiger partial charge in [0.15, 0.2) is 0 Å². The number of hydrogen-bond donors (Lipinski definition) is 2. The van der Waals surface area contributed by atoms with E-state index < -0.39 is 0 Å². The molecule has 1 fully saturated rings. The molecular weight excluding hydrogens is 278 g/mol. The molecule has 1 unspecified atom stereocenters. The fourth-order valence-corrected chi connectivity index (χ4v) is 2.99. The minimum absolute atomic E-state index is 0.316. The molecule has 2 N–H and O–H groups in total. The maximum absolute atomic E-state index is 10.5. The molecule has 0 bridgehead atoms. The lowest BCUT2D eigenvalue weighted by molar-refractivity contribution is 0.0883. The van der Waals surface area contributed by atoms with Gasteiger partial charge in [0.25, 0.3) is 0 Å². The van der Waals surface area contributed by atoms with Gasteiger partial charge in [0, 0.05) is 4.47 Å². The van der Waals surface area contributed by atoms with E-state index in [-0.39, 0.29) is 6.10 Å². The van der Waals surface area contributed by atoms with Gasteiger partial charge in [-0.05, 0) is 68.5 Å². The third-order valence-corrected chi connectivity index (χ3v) is 4.55. The molecule has 0 aliphatic carbocycles. The predicted molar refractivity (Wildman–Crippen MR) is 74.2 cm³/mol. The van der Waals surface area contributed by atoms with E-state index >= 15 is 0 Å². The lowest BCUT2D eigenvalue weighted by Gasteiger charge is -2.28. The highest BCUT2D eigenvalue weighted by Crippen LogP contribution is 2.33. The molecule has 0 aromatic heterocycles. The summed E-state index contributed by atoms with van der Waals surface area (Å²) in [6.07, 6.45) is 1.81. The molecule has 0 amide bonds. The molecule has 0 spiro atoms. The van der Waals surface area contributed by atoms with Crippen LogP contribution in [0.25, 0.3) is 0 Å². The van der Waals surface area contributed by atoms with E-state index in [1.165, 1.54) is 11.1 Å². The number of aliphatic hydroxyl groups excluding tert-OH is 1. The van der Waals surface area contributed by atoms with Crippen LogP contribution in [0.15, 0.2) is 16.6 Å². The van der Waals surface area contributed by atoms with Gasteiger partial charge < -0.3 is 10.4 Å². The van der Waals surface area contributed by atoms with Crippen molar-refractivity contribution >= 4 is 15.9 Å². The number of aliphatic hydroxyl groups is 1. The zero-order chi connectivity index (χ0) is 12.4. The highest BCUT2D eigenvalue weighted by molar-refractivity contribution is 9.10. The smallest absolute Gasteiger partial charge is 0.0821 e. The number of nitrogens with one attached hydrogen (secondary N) is 1. The molecule has 1 aromatic rings. The molecule has 1 heterocycles. The van der Waals surface area contributed by atoms with Crippen LogP contribution in [0.1, 0.15) is 35.6 Å². The Morgan fingerprint density at radius 2 is 1.88 bits per heavy atom. The van der Waals surface area contributed by atoms with E-state index in [1.54, 1.807) is 0 Å². The van der Waals surface area contributed by atoms with Crippen molar-refractivity contribution in [3.05, 3.63) is 33.3 Å². The summed E-state index contributed by atoms with van der Waals surface area (Å²) in [6, 6.07) is 4.22. The van der Waals surface area contributed by atoms with Gasteiger partial charge in [-0.15, -0.1) is 0 Å². The predicted octanol–water partition coefficient (Wildman–Crippen LogP) is 3.10. The van der Waals surface area contributed by atoms with E-state index in [9.17, 15) is 5.11 Å². The number of hydrogen-bond acceptors (Lipinski definition) is 2. The first kappa shape index (κ1) is 13.1. The number of halogens is 1. The quantitative estimate of drug-likeness (QED) is 0.879. The normalized spacial score (nSPS) is 19.3. The molecule has 1 aliphatic heterocycles. The van der Waals surface area contributed by atoms with Crippen LogP contribution in [0.5, 0.6) is 0 Å². The fraction of sp³-hybridized carbons (Fsp3) is 0.571. The molecule has 0 radical (unpaired) electrons. The fourth-order valence-electron chi connectivity index (χ4n) is 2.54. The van der Waals surface area contributed by atoms with E-state index in [4.69, 9.17) is 0 Å². The molecule has 17 heavy (non-hydrogen) atoms. The molecule has 3 heteroatoms. The minimum atomic E-state index is -0.316.